The third kappa shape index (κ3) is 2.55. The lowest BCUT2D eigenvalue weighted by Crippen LogP contribution is -2.70. The summed E-state index contributed by atoms with van der Waals surface area (Å²) in [5.74, 6) is 0.163. The summed E-state index contributed by atoms with van der Waals surface area (Å²) in [6.07, 6.45) is 4.05. The van der Waals surface area contributed by atoms with Crippen molar-refractivity contribution >= 4 is 5.97 Å². The molecule has 1 saturated carbocycles. The fourth-order valence-corrected chi connectivity index (χ4v) is 2.56. The van der Waals surface area contributed by atoms with Crippen LogP contribution in [0.25, 0.3) is 0 Å². The summed E-state index contributed by atoms with van der Waals surface area (Å²) in [5.41, 5.74) is -0.0928. The molecule has 0 atom stereocenters. The second kappa shape index (κ2) is 4.72. The van der Waals surface area contributed by atoms with E-state index in [0.717, 1.165) is 38.5 Å². The Labute approximate surface area is 97.0 Å². The Balaban J connectivity index is 1.98. The van der Waals surface area contributed by atoms with Crippen LogP contribution in [0.3, 0.4) is 0 Å². The van der Waals surface area contributed by atoms with Crippen LogP contribution in [-0.4, -0.2) is 47.7 Å². The predicted octanol–water partition coefficient (Wildman–Crippen LogP) is 0.925. The molecule has 0 aromatic carbocycles. The lowest BCUT2D eigenvalue weighted by molar-refractivity contribution is -0.142. The summed E-state index contributed by atoms with van der Waals surface area (Å²) in [4.78, 5) is 13.4. The van der Waals surface area contributed by atoms with Crippen LogP contribution < -0.4 is 5.32 Å². The molecule has 1 heterocycles. The molecule has 4 nitrogen and oxygen atoms in total. The molecule has 1 saturated heterocycles. The highest BCUT2D eigenvalue weighted by Gasteiger charge is 2.45. The van der Waals surface area contributed by atoms with Crippen molar-refractivity contribution in [3.8, 4) is 0 Å². The first kappa shape index (κ1) is 11.9. The van der Waals surface area contributed by atoms with Crippen LogP contribution in [0.1, 0.15) is 32.6 Å². The average molecular weight is 226 g/mol. The van der Waals surface area contributed by atoms with Crippen molar-refractivity contribution in [2.75, 3.05) is 26.2 Å². The average Bonchev–Trinajstić information content (AvgIpc) is 2.94. The van der Waals surface area contributed by atoms with Gasteiger partial charge in [-0.05, 0) is 31.7 Å². The van der Waals surface area contributed by atoms with Gasteiger partial charge in [-0.1, -0.05) is 6.92 Å². The number of carbonyl (C=O) groups is 1. The molecule has 2 fully saturated rings. The Morgan fingerprint density at radius 1 is 1.50 bits per heavy atom. The summed E-state index contributed by atoms with van der Waals surface area (Å²) >= 11 is 0. The topological polar surface area (TPSA) is 52.6 Å². The maximum atomic E-state index is 11.0. The minimum atomic E-state index is -0.668. The van der Waals surface area contributed by atoms with E-state index in [0.29, 0.717) is 0 Å². The van der Waals surface area contributed by atoms with Gasteiger partial charge in [-0.15, -0.1) is 0 Å². The summed E-state index contributed by atoms with van der Waals surface area (Å²) in [6, 6.07) is 0. The van der Waals surface area contributed by atoms with E-state index in [1.54, 1.807) is 0 Å². The van der Waals surface area contributed by atoms with Crippen LogP contribution in [0, 0.1) is 5.92 Å². The van der Waals surface area contributed by atoms with E-state index in [2.05, 4.69) is 17.1 Å². The van der Waals surface area contributed by atoms with E-state index >= 15 is 0 Å². The molecule has 2 aliphatic rings. The molecular weight excluding hydrogens is 204 g/mol. The van der Waals surface area contributed by atoms with E-state index in [1.165, 1.54) is 12.8 Å². The normalized spacial score (nSPS) is 23.1. The third-order valence-electron chi connectivity index (χ3n) is 3.73. The Morgan fingerprint density at radius 2 is 2.19 bits per heavy atom. The first-order valence-corrected chi connectivity index (χ1v) is 6.34. The van der Waals surface area contributed by atoms with Crippen LogP contribution in [0.4, 0.5) is 0 Å². The molecule has 0 amide bonds. The van der Waals surface area contributed by atoms with Crippen LogP contribution in [-0.2, 0) is 4.79 Å². The monoisotopic (exact) mass is 226 g/mol. The Morgan fingerprint density at radius 3 is 2.56 bits per heavy atom. The molecule has 16 heavy (non-hydrogen) atoms. The maximum Gasteiger partial charge on any atom is 0.305 e. The van der Waals surface area contributed by atoms with Crippen molar-refractivity contribution in [3.63, 3.8) is 0 Å². The Kier molecular flexibility index (Phi) is 3.50. The molecule has 0 radical (unpaired) electrons. The molecule has 92 valence electrons. The van der Waals surface area contributed by atoms with Crippen LogP contribution in [0.15, 0.2) is 0 Å². The van der Waals surface area contributed by atoms with Crippen molar-refractivity contribution in [2.24, 2.45) is 5.92 Å². The number of hydrogen-bond acceptors (Lipinski definition) is 3. The standard InChI is InChI=1S/C12H22N2O2/c1-2-5-14(7-10-3-4-10)12(6-11(15)16)8-13-9-12/h10,13H,2-9H2,1H3,(H,15,16). The minimum Gasteiger partial charge on any atom is -0.481 e. The lowest BCUT2D eigenvalue weighted by Gasteiger charge is -2.50. The van der Waals surface area contributed by atoms with Crippen molar-refractivity contribution in [2.45, 2.75) is 38.1 Å². The van der Waals surface area contributed by atoms with Crippen LogP contribution >= 0.6 is 0 Å². The van der Waals surface area contributed by atoms with E-state index in [-0.39, 0.29) is 12.0 Å². The minimum absolute atomic E-state index is 0.0928. The molecule has 0 spiro atoms. The molecule has 4 heteroatoms. The van der Waals surface area contributed by atoms with Gasteiger partial charge in [-0.2, -0.15) is 0 Å². The highest BCUT2D eigenvalue weighted by Crippen LogP contribution is 2.34. The number of hydrogen-bond donors (Lipinski definition) is 2. The van der Waals surface area contributed by atoms with Gasteiger partial charge in [0.2, 0.25) is 0 Å². The number of carboxylic acids is 1. The highest BCUT2D eigenvalue weighted by molar-refractivity contribution is 5.68. The van der Waals surface area contributed by atoms with Gasteiger partial charge in [0.05, 0.1) is 12.0 Å². The summed E-state index contributed by atoms with van der Waals surface area (Å²) in [6.45, 7) is 5.98. The molecular formula is C12H22N2O2. The third-order valence-corrected chi connectivity index (χ3v) is 3.73. The molecule has 0 bridgehead atoms. The quantitative estimate of drug-likeness (QED) is 0.678. The number of rotatable bonds is 7. The van der Waals surface area contributed by atoms with Crippen molar-refractivity contribution in [1.29, 1.82) is 0 Å². The van der Waals surface area contributed by atoms with E-state index in [1.807, 2.05) is 0 Å². The van der Waals surface area contributed by atoms with Gasteiger partial charge in [0.25, 0.3) is 0 Å². The summed E-state index contributed by atoms with van der Waals surface area (Å²) in [5, 5.41) is 12.3. The van der Waals surface area contributed by atoms with Gasteiger partial charge in [-0.3, -0.25) is 9.69 Å². The number of nitrogens with one attached hydrogen (secondary N) is 1. The van der Waals surface area contributed by atoms with Gasteiger partial charge < -0.3 is 10.4 Å². The summed E-state index contributed by atoms with van der Waals surface area (Å²) < 4.78 is 0. The number of nitrogens with zero attached hydrogens (tertiary/aromatic N) is 1. The molecule has 0 aromatic rings. The first-order chi connectivity index (χ1) is 7.66. The molecule has 0 aromatic heterocycles. The molecule has 2 N–H and O–H groups in total. The summed E-state index contributed by atoms with van der Waals surface area (Å²) in [7, 11) is 0. The SMILES string of the molecule is CCCN(CC1CC1)C1(CC(=O)O)CNC1. The highest BCUT2D eigenvalue weighted by atomic mass is 16.4. The van der Waals surface area contributed by atoms with E-state index < -0.39 is 5.97 Å². The molecule has 2 rings (SSSR count). The second-order valence-electron chi connectivity index (χ2n) is 5.29. The van der Waals surface area contributed by atoms with E-state index in [9.17, 15) is 4.79 Å². The molecule has 1 aliphatic carbocycles. The second-order valence-corrected chi connectivity index (χ2v) is 5.29. The van der Waals surface area contributed by atoms with Crippen molar-refractivity contribution in [3.05, 3.63) is 0 Å². The van der Waals surface area contributed by atoms with Gasteiger partial charge in [0, 0.05) is 19.6 Å². The predicted molar refractivity (Wildman–Crippen MR) is 62.4 cm³/mol. The lowest BCUT2D eigenvalue weighted by atomic mass is 9.86. The Hall–Kier alpha value is -0.610. The van der Waals surface area contributed by atoms with Gasteiger partial charge >= 0.3 is 5.97 Å². The molecule has 0 unspecified atom stereocenters. The number of carboxylic acid groups (broad SMARTS) is 1. The zero-order chi connectivity index (χ0) is 11.6. The first-order valence-electron chi connectivity index (χ1n) is 6.34. The van der Waals surface area contributed by atoms with E-state index in [4.69, 9.17) is 5.11 Å². The van der Waals surface area contributed by atoms with Crippen LogP contribution in [0.2, 0.25) is 0 Å². The van der Waals surface area contributed by atoms with Gasteiger partial charge in [0.15, 0.2) is 0 Å². The van der Waals surface area contributed by atoms with Crippen molar-refractivity contribution in [1.82, 2.24) is 10.2 Å². The van der Waals surface area contributed by atoms with Crippen molar-refractivity contribution < 1.29 is 9.90 Å². The smallest absolute Gasteiger partial charge is 0.305 e. The maximum absolute atomic E-state index is 11.0. The largest absolute Gasteiger partial charge is 0.481 e. The number of aliphatic carboxylic acids is 1. The zero-order valence-corrected chi connectivity index (χ0v) is 10.0. The Bertz CT molecular complexity index is 260. The molecule has 1 aliphatic heterocycles. The van der Waals surface area contributed by atoms with Gasteiger partial charge in [-0.25, -0.2) is 0 Å². The fourth-order valence-electron chi connectivity index (χ4n) is 2.56. The van der Waals surface area contributed by atoms with Crippen LogP contribution in [0.5, 0.6) is 0 Å². The zero-order valence-electron chi connectivity index (χ0n) is 10.0. The van der Waals surface area contributed by atoms with Gasteiger partial charge in [0.1, 0.15) is 0 Å². The fraction of sp³-hybridized carbons (Fsp3) is 0.917.